The van der Waals surface area contributed by atoms with Gasteiger partial charge >= 0.3 is 7.67 Å². The topological polar surface area (TPSA) is 32.8 Å². The second-order valence-corrected chi connectivity index (χ2v) is 13.8. The maximum Gasteiger partial charge on any atom is 0.394 e. The highest BCUT2D eigenvalue weighted by atomic mass is 31.2. The van der Waals surface area contributed by atoms with Crippen LogP contribution in [0.1, 0.15) is 0 Å². The van der Waals surface area contributed by atoms with Crippen LogP contribution in [-0.2, 0) is 4.57 Å². The number of nitrogens with zero attached hydrogens (tertiary/aromatic N) is 2. The van der Waals surface area contributed by atoms with Crippen molar-refractivity contribution in [2.45, 2.75) is 19.6 Å². The summed E-state index contributed by atoms with van der Waals surface area (Å²) < 4.78 is 22.1. The molecule has 0 fully saturated rings. The van der Waals surface area contributed by atoms with Gasteiger partial charge in [0.1, 0.15) is 5.75 Å². The molecule has 0 saturated heterocycles. The van der Waals surface area contributed by atoms with Gasteiger partial charge in [-0.05, 0) is 39.4 Å². The van der Waals surface area contributed by atoms with Crippen LogP contribution in [0.25, 0.3) is 0 Å². The molecule has 0 spiro atoms. The van der Waals surface area contributed by atoms with Crippen molar-refractivity contribution in [2.24, 2.45) is 0 Å². The molecule has 0 aliphatic heterocycles. The molecule has 0 radical (unpaired) electrons. The summed E-state index contributed by atoms with van der Waals surface area (Å²) in [4.78, 5) is 0. The highest BCUT2D eigenvalue weighted by molar-refractivity contribution is 7.54. The van der Waals surface area contributed by atoms with E-state index in [0.717, 1.165) is 5.75 Å². The van der Waals surface area contributed by atoms with Gasteiger partial charge in [0.25, 0.3) is 0 Å². The zero-order valence-corrected chi connectivity index (χ0v) is 14.9. The molecular weight excluding hydrogens is 275 g/mol. The molecule has 0 amide bonds. The minimum Gasteiger partial charge on any atom is -0.422 e. The number of para-hydroxylation sites is 1. The highest BCUT2D eigenvalue weighted by Crippen LogP contribution is 2.50. The van der Waals surface area contributed by atoms with Crippen molar-refractivity contribution in [1.29, 1.82) is 0 Å². The zero-order chi connectivity index (χ0) is 14.8. The van der Waals surface area contributed by atoms with Gasteiger partial charge in [-0.1, -0.05) is 37.8 Å². The van der Waals surface area contributed by atoms with Crippen molar-refractivity contribution in [1.82, 2.24) is 9.34 Å². The van der Waals surface area contributed by atoms with Crippen LogP contribution in [0.15, 0.2) is 24.3 Å². The molecule has 0 atom stereocenters. The smallest absolute Gasteiger partial charge is 0.394 e. The summed E-state index contributed by atoms with van der Waals surface area (Å²) in [5.41, 5.74) is 0. The van der Waals surface area contributed by atoms with E-state index >= 15 is 0 Å². The molecule has 0 aromatic heterocycles. The Balaban J connectivity index is 3.23. The average molecular weight is 300 g/mol. The van der Waals surface area contributed by atoms with Crippen molar-refractivity contribution >= 4 is 20.9 Å². The van der Waals surface area contributed by atoms with E-state index in [0.29, 0.717) is 0 Å². The van der Waals surface area contributed by atoms with Gasteiger partial charge in [0.15, 0.2) is 0 Å². The molecule has 0 aliphatic carbocycles. The lowest BCUT2D eigenvalue weighted by Crippen LogP contribution is -2.39. The molecule has 1 aromatic carbocycles. The Kier molecular flexibility index (Phi) is 5.01. The summed E-state index contributed by atoms with van der Waals surface area (Å²) in [5, 5.41) is 1.19. The van der Waals surface area contributed by atoms with Crippen LogP contribution in [0.3, 0.4) is 0 Å². The van der Waals surface area contributed by atoms with Crippen LogP contribution in [0.5, 0.6) is 5.75 Å². The predicted molar refractivity (Wildman–Crippen MR) is 85.0 cm³/mol. The average Bonchev–Trinajstić information content (AvgIpc) is 2.27. The lowest BCUT2D eigenvalue weighted by molar-refractivity contribution is 0.355. The first-order valence-corrected chi connectivity index (χ1v) is 11.4. The minimum atomic E-state index is -2.99. The predicted octanol–water partition coefficient (Wildman–Crippen LogP) is 2.84. The molecule has 1 rings (SSSR count). The summed E-state index contributed by atoms with van der Waals surface area (Å²) in [7, 11) is 2.58. The van der Waals surface area contributed by atoms with Crippen LogP contribution in [0.2, 0.25) is 19.6 Å². The quantitative estimate of drug-likeness (QED) is 0.618. The van der Waals surface area contributed by atoms with Gasteiger partial charge in [0.05, 0.1) is 8.07 Å². The zero-order valence-electron chi connectivity index (χ0n) is 13.0. The summed E-state index contributed by atoms with van der Waals surface area (Å²) >= 11 is 0. The van der Waals surface area contributed by atoms with Crippen molar-refractivity contribution < 1.29 is 9.09 Å². The summed E-state index contributed by atoms with van der Waals surface area (Å²) in [5.74, 6) is 0.743. The van der Waals surface area contributed by atoms with Gasteiger partial charge in [-0.25, -0.2) is 13.9 Å². The van der Waals surface area contributed by atoms with E-state index in [9.17, 15) is 4.57 Å². The highest BCUT2D eigenvalue weighted by Gasteiger charge is 2.33. The molecule has 0 saturated carbocycles. The molecule has 0 heterocycles. The summed E-state index contributed by atoms with van der Waals surface area (Å²) in [6.45, 7) is 6.77. The molecule has 4 nitrogen and oxygen atoms in total. The second kappa shape index (κ2) is 5.79. The monoisotopic (exact) mass is 300 g/mol. The van der Waals surface area contributed by atoms with Crippen LogP contribution in [0, 0.1) is 0 Å². The van der Waals surface area contributed by atoms with Gasteiger partial charge < -0.3 is 4.52 Å². The fourth-order valence-corrected chi connectivity index (χ4v) is 4.83. The van der Waals surface area contributed by atoms with Gasteiger partial charge in [-0.2, -0.15) is 0 Å². The molecule has 1 aromatic rings. The molecule has 0 bridgehead atoms. The van der Waals surface area contributed by atoms with E-state index in [4.69, 9.17) is 4.52 Å². The van der Waals surface area contributed by atoms with E-state index in [-0.39, 0.29) is 0 Å². The van der Waals surface area contributed by atoms with E-state index in [1.165, 1.54) is 5.19 Å². The maximum absolute atomic E-state index is 12.9. The third-order valence-electron chi connectivity index (χ3n) is 2.92. The number of benzene rings is 1. The Morgan fingerprint density at radius 1 is 1.00 bits per heavy atom. The molecule has 6 heteroatoms. The molecule has 0 N–H and O–H groups in total. The van der Waals surface area contributed by atoms with E-state index in [1.54, 1.807) is 37.5 Å². The minimum absolute atomic E-state index is 0.743. The van der Waals surface area contributed by atoms with Crippen LogP contribution in [0.4, 0.5) is 0 Å². The first-order chi connectivity index (χ1) is 8.59. The summed E-state index contributed by atoms with van der Waals surface area (Å²) in [6, 6.07) is 7.93. The first kappa shape index (κ1) is 16.4. The molecule has 19 heavy (non-hydrogen) atoms. The Hall–Kier alpha value is -0.613. The third-order valence-corrected chi connectivity index (χ3v) is 7.41. The molecule has 0 aliphatic rings. The molecular formula is C13H25N2O2PSi. The lowest BCUT2D eigenvalue weighted by atomic mass is 10.3. The maximum atomic E-state index is 12.9. The first-order valence-electron chi connectivity index (χ1n) is 6.34. The van der Waals surface area contributed by atoms with Gasteiger partial charge in [0, 0.05) is 0 Å². The largest absolute Gasteiger partial charge is 0.422 e. The molecule has 108 valence electrons. The van der Waals surface area contributed by atoms with Gasteiger partial charge in [-0.15, -0.1) is 0 Å². The van der Waals surface area contributed by atoms with Crippen molar-refractivity contribution in [3.05, 3.63) is 24.3 Å². The normalized spacial score (nSPS) is 13.1. The van der Waals surface area contributed by atoms with Crippen molar-refractivity contribution in [3.63, 3.8) is 0 Å². The van der Waals surface area contributed by atoms with Crippen LogP contribution >= 0.6 is 7.67 Å². The second-order valence-electron chi connectivity index (χ2n) is 6.02. The van der Waals surface area contributed by atoms with Crippen LogP contribution < -0.4 is 9.71 Å². The van der Waals surface area contributed by atoms with E-state index in [2.05, 4.69) is 25.7 Å². The fraction of sp³-hybridized carbons (Fsp3) is 0.538. The van der Waals surface area contributed by atoms with Gasteiger partial charge in [-0.3, -0.25) is 0 Å². The van der Waals surface area contributed by atoms with Crippen molar-refractivity contribution in [2.75, 3.05) is 28.2 Å². The Labute approximate surface area is 117 Å². The van der Waals surface area contributed by atoms with E-state index < -0.39 is 15.7 Å². The standard InChI is InChI=1S/C13H25N2O2PSi/c1-14(2)18(16,15(3)4)17-12-10-8-9-11-13(12)19(5,6)7/h8-11H,1-7H3. The Morgan fingerprint density at radius 2 is 1.47 bits per heavy atom. The van der Waals surface area contributed by atoms with Crippen molar-refractivity contribution in [3.8, 4) is 5.75 Å². The Bertz CT molecular complexity index is 472. The number of rotatable bonds is 5. The number of hydrogen-bond acceptors (Lipinski definition) is 2. The van der Waals surface area contributed by atoms with E-state index in [1.807, 2.05) is 18.2 Å². The Morgan fingerprint density at radius 3 is 1.89 bits per heavy atom. The SMILES string of the molecule is CN(C)P(=O)(Oc1ccccc1[Si](C)(C)C)N(C)C. The van der Waals surface area contributed by atoms with Crippen LogP contribution in [-0.4, -0.2) is 45.6 Å². The number of hydrogen-bond donors (Lipinski definition) is 0. The van der Waals surface area contributed by atoms with Gasteiger partial charge in [0.2, 0.25) is 0 Å². The lowest BCUT2D eigenvalue weighted by Gasteiger charge is -2.31. The molecule has 0 unspecified atom stereocenters. The fourth-order valence-electron chi connectivity index (χ4n) is 1.82. The third kappa shape index (κ3) is 3.69. The summed E-state index contributed by atoms with van der Waals surface area (Å²) in [6.07, 6.45) is 0.